The molecule has 2 heterocycles. The molecule has 1 N–H and O–H groups in total. The van der Waals surface area contributed by atoms with Gasteiger partial charge in [0.1, 0.15) is 21.6 Å². The molecule has 0 fully saturated rings. The second-order valence-electron chi connectivity index (χ2n) is 4.04. The number of methoxy groups -OCH3 is 1. The number of hydrogen-bond donors (Lipinski definition) is 1. The van der Waals surface area contributed by atoms with E-state index in [4.69, 9.17) is 17.0 Å². The number of aryl methyl sites for hydroxylation is 1. The topological polar surface area (TPSA) is 50.8 Å². The Labute approximate surface area is 119 Å². The van der Waals surface area contributed by atoms with Crippen molar-refractivity contribution in [3.05, 3.63) is 33.9 Å². The highest BCUT2D eigenvalue weighted by Crippen LogP contribution is 2.32. The number of ether oxygens (including phenoxy) is 1. The highest BCUT2D eigenvalue weighted by atomic mass is 32.1. The third-order valence-corrected chi connectivity index (χ3v) is 4.04. The van der Waals surface area contributed by atoms with Crippen molar-refractivity contribution in [3.8, 4) is 17.0 Å². The summed E-state index contributed by atoms with van der Waals surface area (Å²) in [6.07, 6.45) is 0. The molecule has 0 aliphatic rings. The normalized spacial score (nSPS) is 10.8. The first-order chi connectivity index (χ1) is 9.19. The van der Waals surface area contributed by atoms with Gasteiger partial charge < -0.3 is 4.74 Å². The smallest absolute Gasteiger partial charge is 0.147 e. The Morgan fingerprint density at radius 3 is 3.00 bits per heavy atom. The number of aromatic nitrogens is 3. The van der Waals surface area contributed by atoms with E-state index in [1.807, 2.05) is 31.2 Å². The van der Waals surface area contributed by atoms with Crippen LogP contribution in [0.1, 0.15) is 5.01 Å². The van der Waals surface area contributed by atoms with Crippen LogP contribution in [0.15, 0.2) is 24.3 Å². The minimum atomic E-state index is 0.575. The van der Waals surface area contributed by atoms with Crippen molar-refractivity contribution < 1.29 is 4.74 Å². The second-order valence-corrected chi connectivity index (χ2v) is 5.66. The molecule has 0 saturated heterocycles. The predicted octanol–water partition coefficient (Wildman–Crippen LogP) is 3.73. The monoisotopic (exact) mass is 289 g/mol. The largest absolute Gasteiger partial charge is 0.497 e. The summed E-state index contributed by atoms with van der Waals surface area (Å²) in [7, 11) is 1.65. The number of fused-ring (bicyclic) bond motifs is 1. The summed E-state index contributed by atoms with van der Waals surface area (Å²) in [6.45, 7) is 1.97. The van der Waals surface area contributed by atoms with Crippen LogP contribution in [0.2, 0.25) is 0 Å². The number of benzene rings is 1. The van der Waals surface area contributed by atoms with E-state index >= 15 is 0 Å². The summed E-state index contributed by atoms with van der Waals surface area (Å²) < 4.78 is 6.83. The van der Waals surface area contributed by atoms with Crippen LogP contribution in [-0.4, -0.2) is 22.3 Å². The van der Waals surface area contributed by atoms with Gasteiger partial charge in [0.05, 0.1) is 16.8 Å². The van der Waals surface area contributed by atoms with Gasteiger partial charge in [-0.3, -0.25) is 5.10 Å². The Kier molecular flexibility index (Phi) is 3.04. The van der Waals surface area contributed by atoms with E-state index in [1.54, 1.807) is 18.4 Å². The molecule has 0 radical (unpaired) electrons. The maximum absolute atomic E-state index is 5.25. The van der Waals surface area contributed by atoms with Gasteiger partial charge in [-0.2, -0.15) is 5.10 Å². The lowest BCUT2D eigenvalue weighted by Crippen LogP contribution is -1.90. The van der Waals surface area contributed by atoms with Gasteiger partial charge in [0.15, 0.2) is 0 Å². The number of aromatic amines is 1. The van der Waals surface area contributed by atoms with Gasteiger partial charge in [0.25, 0.3) is 0 Å². The molecular weight excluding hydrogens is 278 g/mol. The molecule has 0 unspecified atom stereocenters. The highest BCUT2D eigenvalue weighted by molar-refractivity contribution is 7.71. The molecule has 0 atom stereocenters. The van der Waals surface area contributed by atoms with E-state index in [0.29, 0.717) is 4.64 Å². The summed E-state index contributed by atoms with van der Waals surface area (Å²) in [5, 5.41) is 8.19. The fraction of sp³-hybridized carbons (Fsp3) is 0.154. The molecule has 0 aliphatic heterocycles. The van der Waals surface area contributed by atoms with Crippen LogP contribution in [-0.2, 0) is 0 Å². The van der Waals surface area contributed by atoms with E-state index in [0.717, 1.165) is 32.2 Å². The molecule has 0 amide bonds. The number of hydrogen-bond acceptors (Lipinski definition) is 5. The van der Waals surface area contributed by atoms with Crippen LogP contribution < -0.4 is 4.74 Å². The maximum Gasteiger partial charge on any atom is 0.147 e. The molecule has 1 aromatic carbocycles. The van der Waals surface area contributed by atoms with Crippen LogP contribution >= 0.6 is 23.6 Å². The molecule has 6 heteroatoms. The standard InChI is InChI=1S/C13H11N3OS2/c1-7-14-11-12(19-7)10(15-16-13(11)18)8-4-3-5-9(6-8)17-2/h3-6H,1-2H3,(H,16,18). The number of nitrogens with zero attached hydrogens (tertiary/aromatic N) is 2. The van der Waals surface area contributed by atoms with Crippen molar-refractivity contribution in [2.75, 3.05) is 7.11 Å². The van der Waals surface area contributed by atoms with Crippen LogP contribution in [0.4, 0.5) is 0 Å². The highest BCUT2D eigenvalue weighted by Gasteiger charge is 2.12. The quantitative estimate of drug-likeness (QED) is 0.730. The molecule has 0 bridgehead atoms. The lowest BCUT2D eigenvalue weighted by molar-refractivity contribution is 0.415. The second kappa shape index (κ2) is 4.71. The number of H-pyrrole nitrogens is 1. The zero-order chi connectivity index (χ0) is 13.4. The third-order valence-electron chi connectivity index (χ3n) is 2.78. The number of nitrogens with one attached hydrogen (secondary N) is 1. The van der Waals surface area contributed by atoms with Crippen molar-refractivity contribution in [3.63, 3.8) is 0 Å². The van der Waals surface area contributed by atoms with E-state index in [2.05, 4.69) is 15.2 Å². The van der Waals surface area contributed by atoms with Gasteiger partial charge in [0.2, 0.25) is 0 Å². The Hall–Kier alpha value is -1.79. The Balaban J connectivity index is 2.30. The summed E-state index contributed by atoms with van der Waals surface area (Å²) in [5.41, 5.74) is 2.65. The van der Waals surface area contributed by atoms with Gasteiger partial charge in [-0.1, -0.05) is 24.4 Å². The first kappa shape index (κ1) is 12.3. The zero-order valence-electron chi connectivity index (χ0n) is 10.4. The van der Waals surface area contributed by atoms with Crippen molar-refractivity contribution >= 4 is 33.8 Å². The lowest BCUT2D eigenvalue weighted by atomic mass is 10.1. The van der Waals surface area contributed by atoms with E-state index in [-0.39, 0.29) is 0 Å². The molecule has 96 valence electrons. The van der Waals surface area contributed by atoms with Crippen LogP contribution in [0.3, 0.4) is 0 Å². The third kappa shape index (κ3) is 2.13. The van der Waals surface area contributed by atoms with Crippen LogP contribution in [0.5, 0.6) is 5.75 Å². The molecule has 0 saturated carbocycles. The fourth-order valence-corrected chi connectivity index (χ4v) is 3.11. The summed E-state index contributed by atoms with van der Waals surface area (Å²) in [6, 6.07) is 7.80. The van der Waals surface area contributed by atoms with Gasteiger partial charge in [0, 0.05) is 5.56 Å². The maximum atomic E-state index is 5.25. The van der Waals surface area contributed by atoms with Gasteiger partial charge in [-0.05, 0) is 19.1 Å². The Bertz CT molecular complexity index is 807. The predicted molar refractivity (Wildman–Crippen MR) is 79.3 cm³/mol. The van der Waals surface area contributed by atoms with E-state index in [9.17, 15) is 0 Å². The molecule has 3 rings (SSSR count). The van der Waals surface area contributed by atoms with Gasteiger partial charge in [-0.25, -0.2) is 4.98 Å². The van der Waals surface area contributed by atoms with Gasteiger partial charge in [-0.15, -0.1) is 11.3 Å². The molecule has 19 heavy (non-hydrogen) atoms. The Morgan fingerprint density at radius 1 is 1.37 bits per heavy atom. The fourth-order valence-electron chi connectivity index (χ4n) is 1.92. The molecule has 3 aromatic rings. The Morgan fingerprint density at radius 2 is 2.21 bits per heavy atom. The summed E-state index contributed by atoms with van der Waals surface area (Å²) in [5.74, 6) is 0.802. The van der Waals surface area contributed by atoms with Crippen molar-refractivity contribution in [1.29, 1.82) is 0 Å². The van der Waals surface area contributed by atoms with Crippen molar-refractivity contribution in [1.82, 2.24) is 15.2 Å². The SMILES string of the molecule is COc1cccc(-c2n[nH]c(=S)c3nc(C)sc23)c1. The van der Waals surface area contributed by atoms with E-state index in [1.165, 1.54) is 0 Å². The lowest BCUT2D eigenvalue weighted by Gasteiger charge is -2.04. The molecule has 0 aliphatic carbocycles. The molecular formula is C13H11N3OS2. The van der Waals surface area contributed by atoms with Crippen LogP contribution in [0, 0.1) is 11.6 Å². The molecule has 4 nitrogen and oxygen atoms in total. The van der Waals surface area contributed by atoms with Crippen molar-refractivity contribution in [2.45, 2.75) is 6.92 Å². The minimum absolute atomic E-state index is 0.575. The average Bonchev–Trinajstić information content (AvgIpc) is 2.82. The first-order valence-electron chi connectivity index (χ1n) is 5.69. The average molecular weight is 289 g/mol. The molecule has 0 spiro atoms. The van der Waals surface area contributed by atoms with E-state index < -0.39 is 0 Å². The molecule has 2 aromatic heterocycles. The summed E-state index contributed by atoms with van der Waals surface area (Å²) in [4.78, 5) is 4.45. The number of rotatable bonds is 2. The van der Waals surface area contributed by atoms with Crippen LogP contribution in [0.25, 0.3) is 21.5 Å². The van der Waals surface area contributed by atoms with Crippen molar-refractivity contribution in [2.24, 2.45) is 0 Å². The summed E-state index contributed by atoms with van der Waals surface area (Å²) >= 11 is 6.83. The first-order valence-corrected chi connectivity index (χ1v) is 6.92. The zero-order valence-corrected chi connectivity index (χ0v) is 12.1. The van der Waals surface area contributed by atoms with Gasteiger partial charge >= 0.3 is 0 Å². The number of thiazole rings is 1. The minimum Gasteiger partial charge on any atom is -0.497 e.